The molecule has 2 rings (SSSR count). The van der Waals surface area contributed by atoms with E-state index in [1.807, 2.05) is 0 Å². The first kappa shape index (κ1) is 13.5. The Labute approximate surface area is 116 Å². The van der Waals surface area contributed by atoms with Gasteiger partial charge in [-0.1, -0.05) is 22.0 Å². The highest BCUT2D eigenvalue weighted by atomic mass is 79.9. The van der Waals surface area contributed by atoms with E-state index < -0.39 is 17.3 Å². The molecule has 1 aromatic heterocycles. The van der Waals surface area contributed by atoms with Gasteiger partial charge >= 0.3 is 5.97 Å². The predicted molar refractivity (Wildman–Crippen MR) is 70.9 cm³/mol. The summed E-state index contributed by atoms with van der Waals surface area (Å²) in [6, 6.07) is 8.15. The molecule has 0 spiro atoms. The third kappa shape index (κ3) is 3.08. The Kier molecular flexibility index (Phi) is 3.80. The number of pyridine rings is 1. The van der Waals surface area contributed by atoms with Crippen molar-refractivity contribution in [1.29, 1.82) is 0 Å². The zero-order valence-electron chi connectivity index (χ0n) is 9.64. The summed E-state index contributed by atoms with van der Waals surface area (Å²) in [5, 5.41) is 9.03. The minimum atomic E-state index is -1.20. The van der Waals surface area contributed by atoms with Crippen molar-refractivity contribution in [3.05, 3.63) is 68.3 Å². The van der Waals surface area contributed by atoms with Crippen LogP contribution in [-0.2, 0) is 6.54 Å². The number of rotatable bonds is 3. The van der Waals surface area contributed by atoms with Crippen molar-refractivity contribution >= 4 is 21.9 Å². The van der Waals surface area contributed by atoms with E-state index in [4.69, 9.17) is 5.11 Å². The van der Waals surface area contributed by atoms with E-state index in [-0.39, 0.29) is 12.2 Å². The molecule has 0 amide bonds. The van der Waals surface area contributed by atoms with Gasteiger partial charge in [-0.25, -0.2) is 9.18 Å². The maximum atomic E-state index is 13.3. The van der Waals surface area contributed by atoms with Gasteiger partial charge in [0.1, 0.15) is 11.5 Å². The van der Waals surface area contributed by atoms with E-state index >= 15 is 0 Å². The van der Waals surface area contributed by atoms with Crippen molar-refractivity contribution in [1.82, 2.24) is 4.57 Å². The van der Waals surface area contributed by atoms with Crippen molar-refractivity contribution in [2.24, 2.45) is 0 Å². The molecule has 0 fully saturated rings. The normalized spacial score (nSPS) is 10.4. The quantitative estimate of drug-likeness (QED) is 0.943. The number of carbonyl (C=O) groups is 1. The number of benzene rings is 1. The highest BCUT2D eigenvalue weighted by molar-refractivity contribution is 9.10. The van der Waals surface area contributed by atoms with Gasteiger partial charge in [0.2, 0.25) is 0 Å². The number of hydrogen-bond acceptors (Lipinski definition) is 2. The number of carboxylic acid groups (broad SMARTS) is 1. The molecular formula is C13H9BrFNO3. The van der Waals surface area contributed by atoms with E-state index in [1.165, 1.54) is 30.3 Å². The predicted octanol–water partition coefficient (Wildman–Crippen LogP) is 2.50. The maximum absolute atomic E-state index is 13.3. The van der Waals surface area contributed by atoms with E-state index in [0.29, 0.717) is 10.0 Å². The Balaban J connectivity index is 2.49. The SMILES string of the molecule is O=C(O)c1cccc(=O)n1Cc1cc(F)cc(Br)c1. The van der Waals surface area contributed by atoms with Gasteiger partial charge in [-0.2, -0.15) is 0 Å². The fourth-order valence-corrected chi connectivity index (χ4v) is 2.27. The zero-order valence-corrected chi connectivity index (χ0v) is 11.2. The summed E-state index contributed by atoms with van der Waals surface area (Å²) in [6.07, 6.45) is 0. The molecule has 0 aliphatic carbocycles. The second kappa shape index (κ2) is 5.36. The number of carboxylic acids is 1. The van der Waals surface area contributed by atoms with Crippen LogP contribution in [0.4, 0.5) is 4.39 Å². The van der Waals surface area contributed by atoms with Gasteiger partial charge in [0.05, 0.1) is 6.54 Å². The molecular weight excluding hydrogens is 317 g/mol. The van der Waals surface area contributed by atoms with Gasteiger partial charge in [0.15, 0.2) is 0 Å². The van der Waals surface area contributed by atoms with Crippen LogP contribution >= 0.6 is 15.9 Å². The summed E-state index contributed by atoms with van der Waals surface area (Å²) in [7, 11) is 0. The van der Waals surface area contributed by atoms with Crippen molar-refractivity contribution in [3.63, 3.8) is 0 Å². The second-order valence-electron chi connectivity index (χ2n) is 3.92. The first-order valence-electron chi connectivity index (χ1n) is 5.35. The Morgan fingerprint density at radius 3 is 2.68 bits per heavy atom. The van der Waals surface area contributed by atoms with Crippen LogP contribution in [0.5, 0.6) is 0 Å². The summed E-state index contributed by atoms with van der Waals surface area (Å²) >= 11 is 3.15. The molecule has 1 N–H and O–H groups in total. The lowest BCUT2D eigenvalue weighted by molar-refractivity contribution is 0.0684. The molecule has 0 unspecified atom stereocenters. The lowest BCUT2D eigenvalue weighted by Gasteiger charge is -2.10. The monoisotopic (exact) mass is 325 g/mol. The van der Waals surface area contributed by atoms with E-state index in [1.54, 1.807) is 6.07 Å². The van der Waals surface area contributed by atoms with Crippen molar-refractivity contribution in [2.75, 3.05) is 0 Å². The molecule has 0 aliphatic rings. The summed E-state index contributed by atoms with van der Waals surface area (Å²) in [5.74, 6) is -1.65. The second-order valence-corrected chi connectivity index (χ2v) is 4.83. The van der Waals surface area contributed by atoms with E-state index in [9.17, 15) is 14.0 Å². The number of aromatic nitrogens is 1. The van der Waals surface area contributed by atoms with Gasteiger partial charge in [0.25, 0.3) is 5.56 Å². The van der Waals surface area contributed by atoms with Gasteiger partial charge in [-0.05, 0) is 29.8 Å². The Morgan fingerprint density at radius 1 is 1.32 bits per heavy atom. The minimum Gasteiger partial charge on any atom is -0.477 e. The van der Waals surface area contributed by atoms with Gasteiger partial charge in [0, 0.05) is 10.5 Å². The molecule has 0 radical (unpaired) electrons. The largest absolute Gasteiger partial charge is 0.477 e. The van der Waals surface area contributed by atoms with E-state index in [2.05, 4.69) is 15.9 Å². The molecule has 1 aromatic carbocycles. The molecule has 0 saturated carbocycles. The van der Waals surface area contributed by atoms with Crippen LogP contribution in [0.3, 0.4) is 0 Å². The average molecular weight is 326 g/mol. The number of nitrogens with zero attached hydrogens (tertiary/aromatic N) is 1. The van der Waals surface area contributed by atoms with Gasteiger partial charge in [-0.3, -0.25) is 9.36 Å². The third-order valence-corrected chi connectivity index (χ3v) is 2.99. The van der Waals surface area contributed by atoms with Crippen LogP contribution < -0.4 is 5.56 Å². The minimum absolute atomic E-state index is 0.00231. The van der Waals surface area contributed by atoms with Crippen LogP contribution in [0.1, 0.15) is 16.1 Å². The molecule has 1 heterocycles. The molecule has 19 heavy (non-hydrogen) atoms. The summed E-state index contributed by atoms with van der Waals surface area (Å²) in [5.41, 5.74) is -0.0733. The Morgan fingerprint density at radius 2 is 2.05 bits per heavy atom. The highest BCUT2D eigenvalue weighted by Gasteiger charge is 2.11. The van der Waals surface area contributed by atoms with Crippen LogP contribution in [0.15, 0.2) is 45.7 Å². The first-order valence-corrected chi connectivity index (χ1v) is 6.15. The van der Waals surface area contributed by atoms with Crippen LogP contribution in [0.25, 0.3) is 0 Å². The highest BCUT2D eigenvalue weighted by Crippen LogP contribution is 2.16. The maximum Gasteiger partial charge on any atom is 0.352 e. The van der Waals surface area contributed by atoms with Gasteiger partial charge < -0.3 is 5.11 Å². The molecule has 0 atom stereocenters. The van der Waals surface area contributed by atoms with Crippen LogP contribution in [0, 0.1) is 5.82 Å². The molecule has 0 bridgehead atoms. The van der Waals surface area contributed by atoms with Crippen molar-refractivity contribution < 1.29 is 14.3 Å². The molecule has 2 aromatic rings. The average Bonchev–Trinajstić information content (AvgIpc) is 2.30. The standard InChI is InChI=1S/C13H9BrFNO3/c14-9-4-8(5-10(15)6-9)7-16-11(13(18)19)2-1-3-12(16)17/h1-6H,7H2,(H,18,19). The van der Waals surface area contributed by atoms with Crippen LogP contribution in [-0.4, -0.2) is 15.6 Å². The van der Waals surface area contributed by atoms with Crippen molar-refractivity contribution in [2.45, 2.75) is 6.54 Å². The fraction of sp³-hybridized carbons (Fsp3) is 0.0769. The molecule has 6 heteroatoms. The topological polar surface area (TPSA) is 59.3 Å². The molecule has 98 valence electrons. The fourth-order valence-electron chi connectivity index (χ4n) is 1.75. The molecule has 4 nitrogen and oxygen atoms in total. The Bertz CT molecular complexity index is 676. The number of hydrogen-bond donors (Lipinski definition) is 1. The molecule has 0 aliphatic heterocycles. The van der Waals surface area contributed by atoms with Crippen molar-refractivity contribution in [3.8, 4) is 0 Å². The zero-order chi connectivity index (χ0) is 14.0. The van der Waals surface area contributed by atoms with Gasteiger partial charge in [-0.15, -0.1) is 0 Å². The van der Waals surface area contributed by atoms with Crippen LogP contribution in [0.2, 0.25) is 0 Å². The Hall–Kier alpha value is -1.95. The number of halogens is 2. The first-order chi connectivity index (χ1) is 8.97. The lowest BCUT2D eigenvalue weighted by Crippen LogP contribution is -2.25. The summed E-state index contributed by atoms with van der Waals surface area (Å²) in [6.45, 7) is -0.00231. The van der Waals surface area contributed by atoms with E-state index in [0.717, 1.165) is 4.57 Å². The lowest BCUT2D eigenvalue weighted by atomic mass is 10.2. The third-order valence-electron chi connectivity index (χ3n) is 2.53. The smallest absolute Gasteiger partial charge is 0.352 e. The summed E-state index contributed by atoms with van der Waals surface area (Å²) < 4.78 is 14.9. The summed E-state index contributed by atoms with van der Waals surface area (Å²) in [4.78, 5) is 22.8. The number of aromatic carboxylic acids is 1. The molecule has 0 saturated heterocycles.